The minimum absolute atomic E-state index is 0.0439. The first kappa shape index (κ1) is 12.1. The third-order valence-electron chi connectivity index (χ3n) is 3.68. The van der Waals surface area contributed by atoms with Crippen molar-refractivity contribution in [3.63, 3.8) is 0 Å². The summed E-state index contributed by atoms with van der Waals surface area (Å²) in [6.45, 7) is 2.96. The van der Waals surface area contributed by atoms with Crippen LogP contribution >= 0.6 is 0 Å². The summed E-state index contributed by atoms with van der Waals surface area (Å²) in [6.07, 6.45) is -1.31. The lowest BCUT2D eigenvalue weighted by atomic mass is 9.94. The summed E-state index contributed by atoms with van der Waals surface area (Å²) in [5.41, 5.74) is 1.11. The highest BCUT2D eigenvalue weighted by Crippen LogP contribution is 2.34. The number of hydrogen-bond acceptors (Lipinski definition) is 4. The molecule has 4 nitrogen and oxygen atoms in total. The van der Waals surface area contributed by atoms with E-state index in [1.807, 2.05) is 37.3 Å². The fourth-order valence-electron chi connectivity index (χ4n) is 2.59. The number of rotatable bonds is 3. The second-order valence-electron chi connectivity index (χ2n) is 4.99. The molecule has 2 saturated heterocycles. The molecule has 18 heavy (non-hydrogen) atoms. The topological polar surface area (TPSA) is 47.9 Å². The molecule has 1 aromatic rings. The van der Waals surface area contributed by atoms with Crippen molar-refractivity contribution in [2.75, 3.05) is 6.61 Å². The van der Waals surface area contributed by atoms with Crippen LogP contribution in [0.2, 0.25) is 0 Å². The molecular formula is C14H18O4. The van der Waals surface area contributed by atoms with Gasteiger partial charge in [-0.05, 0) is 5.56 Å². The quantitative estimate of drug-likeness (QED) is 0.879. The van der Waals surface area contributed by atoms with E-state index in [0.29, 0.717) is 13.2 Å². The minimum Gasteiger partial charge on any atom is -0.388 e. The minimum atomic E-state index is -0.609. The first-order valence-electron chi connectivity index (χ1n) is 6.36. The van der Waals surface area contributed by atoms with Crippen LogP contribution in [0.3, 0.4) is 0 Å². The van der Waals surface area contributed by atoms with Crippen LogP contribution < -0.4 is 0 Å². The highest BCUT2D eigenvalue weighted by atomic mass is 16.7. The molecule has 2 heterocycles. The van der Waals surface area contributed by atoms with Gasteiger partial charge in [-0.1, -0.05) is 37.3 Å². The number of hydrogen-bond donors (Lipinski definition) is 1. The van der Waals surface area contributed by atoms with E-state index in [2.05, 4.69) is 0 Å². The van der Waals surface area contributed by atoms with Crippen molar-refractivity contribution in [3.8, 4) is 0 Å². The van der Waals surface area contributed by atoms with E-state index < -0.39 is 6.10 Å². The third kappa shape index (κ3) is 2.17. The van der Waals surface area contributed by atoms with Crippen molar-refractivity contribution >= 4 is 0 Å². The van der Waals surface area contributed by atoms with Gasteiger partial charge in [-0.25, -0.2) is 0 Å². The average molecular weight is 250 g/mol. The molecule has 98 valence electrons. The molecule has 0 spiro atoms. The Kier molecular flexibility index (Phi) is 3.35. The number of aliphatic hydroxyl groups is 1. The van der Waals surface area contributed by atoms with Crippen LogP contribution in [-0.4, -0.2) is 36.3 Å². The molecule has 0 amide bonds. The molecule has 4 heteroatoms. The molecule has 2 aliphatic rings. The van der Waals surface area contributed by atoms with Crippen LogP contribution in [0, 0.1) is 5.92 Å². The standard InChI is InChI=1S/C14H18O4/c1-9-13(12(15)11-8-17-14(9)18-11)16-7-10-5-3-2-4-6-10/h2-6,9,11-15H,7-8H2,1H3/t9-,11-,12-,13-,14-/m1/s1. The molecule has 1 aromatic carbocycles. The van der Waals surface area contributed by atoms with Crippen molar-refractivity contribution in [2.24, 2.45) is 5.92 Å². The lowest BCUT2D eigenvalue weighted by Gasteiger charge is -2.36. The Morgan fingerprint density at radius 3 is 2.89 bits per heavy atom. The smallest absolute Gasteiger partial charge is 0.163 e. The first-order valence-corrected chi connectivity index (χ1v) is 6.36. The summed E-state index contributed by atoms with van der Waals surface area (Å²) in [4.78, 5) is 0. The molecular weight excluding hydrogens is 232 g/mol. The molecule has 5 atom stereocenters. The van der Waals surface area contributed by atoms with E-state index in [-0.39, 0.29) is 24.4 Å². The summed E-state index contributed by atoms with van der Waals surface area (Å²) < 4.78 is 16.9. The number of benzene rings is 1. The van der Waals surface area contributed by atoms with Gasteiger partial charge >= 0.3 is 0 Å². The van der Waals surface area contributed by atoms with Crippen molar-refractivity contribution in [3.05, 3.63) is 35.9 Å². The first-order chi connectivity index (χ1) is 8.75. The maximum Gasteiger partial charge on any atom is 0.163 e. The van der Waals surface area contributed by atoms with E-state index in [0.717, 1.165) is 5.56 Å². The predicted octanol–water partition coefficient (Wildman–Crippen LogP) is 1.32. The SMILES string of the molecule is C[C@H]1[C@@H]2OC[C@@H](O2)[C@@H](O)[C@@H]1OCc1ccccc1. The summed E-state index contributed by atoms with van der Waals surface area (Å²) in [5.74, 6) is 0.0439. The molecule has 2 fully saturated rings. The van der Waals surface area contributed by atoms with Crippen LogP contribution in [0.25, 0.3) is 0 Å². The van der Waals surface area contributed by atoms with Gasteiger partial charge in [0.15, 0.2) is 6.29 Å². The Labute approximate surface area is 106 Å². The zero-order valence-corrected chi connectivity index (χ0v) is 10.4. The Morgan fingerprint density at radius 2 is 2.11 bits per heavy atom. The lowest BCUT2D eigenvalue weighted by molar-refractivity contribution is -0.215. The van der Waals surface area contributed by atoms with Gasteiger partial charge < -0.3 is 19.3 Å². The lowest BCUT2D eigenvalue weighted by Crippen LogP contribution is -2.50. The fraction of sp³-hybridized carbons (Fsp3) is 0.571. The monoisotopic (exact) mass is 250 g/mol. The van der Waals surface area contributed by atoms with Gasteiger partial charge in [0.2, 0.25) is 0 Å². The zero-order valence-electron chi connectivity index (χ0n) is 10.4. The Hall–Kier alpha value is -0.940. The largest absolute Gasteiger partial charge is 0.388 e. The molecule has 1 N–H and O–H groups in total. The zero-order chi connectivity index (χ0) is 12.5. The predicted molar refractivity (Wildman–Crippen MR) is 64.8 cm³/mol. The normalized spacial score (nSPS) is 38.9. The summed E-state index contributed by atoms with van der Waals surface area (Å²) in [6, 6.07) is 9.97. The summed E-state index contributed by atoms with van der Waals surface area (Å²) in [5, 5.41) is 10.2. The highest BCUT2D eigenvalue weighted by Gasteiger charge is 2.48. The summed E-state index contributed by atoms with van der Waals surface area (Å²) in [7, 11) is 0. The van der Waals surface area contributed by atoms with Crippen molar-refractivity contribution in [1.82, 2.24) is 0 Å². The van der Waals surface area contributed by atoms with Gasteiger partial charge in [-0.3, -0.25) is 0 Å². The van der Waals surface area contributed by atoms with Gasteiger partial charge in [0.1, 0.15) is 12.2 Å². The van der Waals surface area contributed by atoms with E-state index in [9.17, 15) is 5.11 Å². The maximum atomic E-state index is 10.2. The Balaban J connectivity index is 1.65. The van der Waals surface area contributed by atoms with Crippen LogP contribution in [0.5, 0.6) is 0 Å². The van der Waals surface area contributed by atoms with Gasteiger partial charge in [-0.2, -0.15) is 0 Å². The molecule has 0 radical (unpaired) electrons. The summed E-state index contributed by atoms with van der Waals surface area (Å²) >= 11 is 0. The van der Waals surface area contributed by atoms with Crippen LogP contribution in [0.15, 0.2) is 30.3 Å². The van der Waals surface area contributed by atoms with Gasteiger partial charge in [-0.15, -0.1) is 0 Å². The Morgan fingerprint density at radius 1 is 1.33 bits per heavy atom. The number of aliphatic hydroxyl groups excluding tert-OH is 1. The second kappa shape index (κ2) is 4.97. The molecule has 0 unspecified atom stereocenters. The van der Waals surface area contributed by atoms with Crippen LogP contribution in [0.4, 0.5) is 0 Å². The maximum absolute atomic E-state index is 10.2. The van der Waals surface area contributed by atoms with Crippen molar-refractivity contribution in [2.45, 2.75) is 38.1 Å². The van der Waals surface area contributed by atoms with E-state index in [1.54, 1.807) is 0 Å². The van der Waals surface area contributed by atoms with Crippen LogP contribution in [0.1, 0.15) is 12.5 Å². The van der Waals surface area contributed by atoms with Gasteiger partial charge in [0.25, 0.3) is 0 Å². The number of fused-ring (bicyclic) bond motifs is 2. The number of ether oxygens (including phenoxy) is 3. The fourth-order valence-corrected chi connectivity index (χ4v) is 2.59. The van der Waals surface area contributed by atoms with Gasteiger partial charge in [0, 0.05) is 5.92 Å². The van der Waals surface area contributed by atoms with E-state index in [1.165, 1.54) is 0 Å². The van der Waals surface area contributed by atoms with E-state index >= 15 is 0 Å². The molecule has 0 aliphatic carbocycles. The van der Waals surface area contributed by atoms with E-state index in [4.69, 9.17) is 14.2 Å². The molecule has 0 saturated carbocycles. The van der Waals surface area contributed by atoms with Gasteiger partial charge in [0.05, 0.1) is 19.3 Å². The third-order valence-corrected chi connectivity index (χ3v) is 3.68. The molecule has 0 aromatic heterocycles. The Bertz CT molecular complexity index is 378. The second-order valence-corrected chi connectivity index (χ2v) is 4.99. The molecule has 2 aliphatic heterocycles. The van der Waals surface area contributed by atoms with Crippen molar-refractivity contribution in [1.29, 1.82) is 0 Å². The highest BCUT2D eigenvalue weighted by molar-refractivity contribution is 5.13. The van der Waals surface area contributed by atoms with Crippen LogP contribution in [-0.2, 0) is 20.8 Å². The molecule has 3 rings (SSSR count). The van der Waals surface area contributed by atoms with Crippen molar-refractivity contribution < 1.29 is 19.3 Å². The average Bonchev–Trinajstić information content (AvgIpc) is 2.85. The molecule has 2 bridgehead atoms.